The summed E-state index contributed by atoms with van der Waals surface area (Å²) in [6.45, 7) is 1.85. The molecule has 0 spiro atoms. The summed E-state index contributed by atoms with van der Waals surface area (Å²) in [5.41, 5.74) is 2.15. The number of nitrogens with one attached hydrogen (secondary N) is 2. The van der Waals surface area contributed by atoms with Crippen LogP contribution in [0.3, 0.4) is 0 Å². The molecule has 0 aliphatic rings. The molecule has 2 amide bonds. The minimum atomic E-state index is -0.374. The molecular weight excluding hydrogens is 308 g/mol. The van der Waals surface area contributed by atoms with Gasteiger partial charge in [-0.25, -0.2) is 0 Å². The summed E-state index contributed by atoms with van der Waals surface area (Å²) in [5, 5.41) is 5.37. The first-order valence-electron chi connectivity index (χ1n) is 7.37. The highest BCUT2D eigenvalue weighted by atomic mass is 16.5. The van der Waals surface area contributed by atoms with E-state index in [9.17, 15) is 9.59 Å². The summed E-state index contributed by atoms with van der Waals surface area (Å²) in [6, 6.07) is 10.2. The van der Waals surface area contributed by atoms with E-state index in [0.717, 1.165) is 5.56 Å². The van der Waals surface area contributed by atoms with Crippen molar-refractivity contribution < 1.29 is 19.1 Å². The number of rotatable bonds is 5. The number of aryl methyl sites for hydroxylation is 1. The zero-order valence-corrected chi connectivity index (χ0v) is 14.1. The van der Waals surface area contributed by atoms with Crippen LogP contribution >= 0.6 is 0 Å². The lowest BCUT2D eigenvalue weighted by atomic mass is 10.1. The molecular formula is C18H20N2O4. The lowest BCUT2D eigenvalue weighted by molar-refractivity contribution is 0.0961. The molecule has 24 heavy (non-hydrogen) atoms. The Bertz CT molecular complexity index is 749. The lowest BCUT2D eigenvalue weighted by Crippen LogP contribution is -2.19. The molecule has 0 aliphatic carbocycles. The van der Waals surface area contributed by atoms with Crippen molar-refractivity contribution in [2.75, 3.05) is 26.6 Å². The molecule has 0 aliphatic heterocycles. The number of benzene rings is 2. The van der Waals surface area contributed by atoms with Crippen LogP contribution < -0.4 is 20.1 Å². The Morgan fingerprint density at radius 2 is 1.58 bits per heavy atom. The Kier molecular flexibility index (Phi) is 5.42. The maximum atomic E-state index is 12.7. The minimum absolute atomic E-state index is 0.222. The molecule has 2 N–H and O–H groups in total. The van der Waals surface area contributed by atoms with Gasteiger partial charge in [-0.1, -0.05) is 12.1 Å². The second-order valence-corrected chi connectivity index (χ2v) is 5.10. The smallest absolute Gasteiger partial charge is 0.263 e. The van der Waals surface area contributed by atoms with Crippen LogP contribution in [0.25, 0.3) is 0 Å². The molecule has 0 bridgehead atoms. The number of anilines is 1. The monoisotopic (exact) mass is 328 g/mol. The van der Waals surface area contributed by atoms with E-state index < -0.39 is 0 Å². The van der Waals surface area contributed by atoms with Crippen molar-refractivity contribution in [1.29, 1.82) is 0 Å². The number of hydrogen-bond acceptors (Lipinski definition) is 4. The topological polar surface area (TPSA) is 76.7 Å². The molecule has 2 rings (SSSR count). The number of carbonyl (C=O) groups excluding carboxylic acids is 2. The summed E-state index contributed by atoms with van der Waals surface area (Å²) < 4.78 is 10.5. The highest BCUT2D eigenvalue weighted by molar-refractivity contribution is 6.09. The second kappa shape index (κ2) is 7.50. The van der Waals surface area contributed by atoms with E-state index in [-0.39, 0.29) is 11.8 Å². The van der Waals surface area contributed by atoms with Crippen molar-refractivity contribution in [2.24, 2.45) is 0 Å². The quantitative estimate of drug-likeness (QED) is 0.884. The van der Waals surface area contributed by atoms with Crippen LogP contribution in [0, 0.1) is 6.92 Å². The SMILES string of the molecule is CNC(=O)c1ccc(C)c(NC(=O)c2c(OC)cccc2OC)c1. The Labute approximate surface area is 140 Å². The highest BCUT2D eigenvalue weighted by Gasteiger charge is 2.19. The molecule has 6 heteroatoms. The fourth-order valence-corrected chi connectivity index (χ4v) is 2.30. The minimum Gasteiger partial charge on any atom is -0.496 e. The van der Waals surface area contributed by atoms with Crippen LogP contribution in [-0.4, -0.2) is 33.1 Å². The third kappa shape index (κ3) is 3.48. The van der Waals surface area contributed by atoms with Crippen LogP contribution in [0.1, 0.15) is 26.3 Å². The van der Waals surface area contributed by atoms with E-state index in [1.54, 1.807) is 43.4 Å². The number of hydrogen-bond donors (Lipinski definition) is 2. The Morgan fingerprint density at radius 3 is 2.12 bits per heavy atom. The van der Waals surface area contributed by atoms with E-state index in [1.807, 2.05) is 6.92 Å². The highest BCUT2D eigenvalue weighted by Crippen LogP contribution is 2.29. The molecule has 0 unspecified atom stereocenters. The normalized spacial score (nSPS) is 10.0. The van der Waals surface area contributed by atoms with Crippen molar-refractivity contribution >= 4 is 17.5 Å². The first-order valence-corrected chi connectivity index (χ1v) is 7.37. The van der Waals surface area contributed by atoms with Gasteiger partial charge in [-0.2, -0.15) is 0 Å². The molecule has 0 saturated carbocycles. The second-order valence-electron chi connectivity index (χ2n) is 5.10. The first-order chi connectivity index (χ1) is 11.5. The van der Waals surface area contributed by atoms with E-state index >= 15 is 0 Å². The van der Waals surface area contributed by atoms with Crippen molar-refractivity contribution in [3.63, 3.8) is 0 Å². The van der Waals surface area contributed by atoms with Gasteiger partial charge in [0.05, 0.1) is 14.2 Å². The zero-order valence-electron chi connectivity index (χ0n) is 14.1. The van der Waals surface area contributed by atoms with Crippen molar-refractivity contribution in [1.82, 2.24) is 5.32 Å². The van der Waals surface area contributed by atoms with E-state index in [1.165, 1.54) is 14.2 Å². The van der Waals surface area contributed by atoms with Crippen LogP contribution in [-0.2, 0) is 0 Å². The van der Waals surface area contributed by atoms with Gasteiger partial charge in [-0.3, -0.25) is 9.59 Å². The number of methoxy groups -OCH3 is 2. The Hall–Kier alpha value is -3.02. The molecule has 2 aromatic carbocycles. The fourth-order valence-electron chi connectivity index (χ4n) is 2.30. The van der Waals surface area contributed by atoms with E-state index in [2.05, 4.69) is 10.6 Å². The van der Waals surface area contributed by atoms with Gasteiger partial charge in [-0.15, -0.1) is 0 Å². The van der Waals surface area contributed by atoms with Crippen molar-refractivity contribution in [3.8, 4) is 11.5 Å². The summed E-state index contributed by atoms with van der Waals surface area (Å²) in [6.07, 6.45) is 0. The van der Waals surface area contributed by atoms with Gasteiger partial charge in [0.1, 0.15) is 17.1 Å². The predicted octanol–water partition coefficient (Wildman–Crippen LogP) is 2.62. The molecule has 0 saturated heterocycles. The van der Waals surface area contributed by atoms with E-state index in [4.69, 9.17) is 9.47 Å². The zero-order chi connectivity index (χ0) is 17.7. The van der Waals surface area contributed by atoms with Gasteiger partial charge in [0.15, 0.2) is 0 Å². The van der Waals surface area contributed by atoms with Gasteiger partial charge in [0.25, 0.3) is 11.8 Å². The molecule has 6 nitrogen and oxygen atoms in total. The fraction of sp³-hybridized carbons (Fsp3) is 0.222. The largest absolute Gasteiger partial charge is 0.496 e. The summed E-state index contributed by atoms with van der Waals surface area (Å²) >= 11 is 0. The van der Waals surface area contributed by atoms with Crippen LogP contribution in [0.5, 0.6) is 11.5 Å². The molecule has 0 atom stereocenters. The summed E-state index contributed by atoms with van der Waals surface area (Å²) in [7, 11) is 4.53. The number of ether oxygens (including phenoxy) is 2. The van der Waals surface area contributed by atoms with Crippen molar-refractivity contribution in [2.45, 2.75) is 6.92 Å². The average molecular weight is 328 g/mol. The Morgan fingerprint density at radius 1 is 0.958 bits per heavy atom. The van der Waals surface area contributed by atoms with Crippen LogP contribution in [0.15, 0.2) is 36.4 Å². The summed E-state index contributed by atoms with van der Waals surface area (Å²) in [4.78, 5) is 24.5. The maximum absolute atomic E-state index is 12.7. The lowest BCUT2D eigenvalue weighted by Gasteiger charge is -2.14. The van der Waals surface area contributed by atoms with Gasteiger partial charge >= 0.3 is 0 Å². The predicted molar refractivity (Wildman–Crippen MR) is 92.1 cm³/mol. The number of amides is 2. The van der Waals surface area contributed by atoms with E-state index in [0.29, 0.717) is 28.3 Å². The Balaban J connectivity index is 2.39. The first kappa shape index (κ1) is 17.3. The van der Waals surface area contributed by atoms with Crippen molar-refractivity contribution in [3.05, 3.63) is 53.1 Å². The standard InChI is InChI=1S/C18H20N2O4/c1-11-8-9-12(17(21)19-2)10-13(11)20-18(22)16-14(23-3)6-5-7-15(16)24-4/h5-10H,1-4H3,(H,19,21)(H,20,22). The van der Waals surface area contributed by atoms with Gasteiger partial charge in [0.2, 0.25) is 0 Å². The van der Waals surface area contributed by atoms with Crippen LogP contribution in [0.4, 0.5) is 5.69 Å². The third-order valence-electron chi connectivity index (χ3n) is 3.63. The molecule has 0 heterocycles. The molecule has 126 valence electrons. The van der Waals surface area contributed by atoms with Gasteiger partial charge in [-0.05, 0) is 36.8 Å². The average Bonchev–Trinajstić information content (AvgIpc) is 2.61. The summed E-state index contributed by atoms with van der Waals surface area (Å²) in [5.74, 6) is 0.223. The van der Waals surface area contributed by atoms with Gasteiger partial charge < -0.3 is 20.1 Å². The van der Waals surface area contributed by atoms with Crippen LogP contribution in [0.2, 0.25) is 0 Å². The molecule has 2 aromatic rings. The molecule has 0 aromatic heterocycles. The molecule has 0 radical (unpaired) electrons. The third-order valence-corrected chi connectivity index (χ3v) is 3.63. The number of carbonyl (C=O) groups is 2. The molecule has 0 fully saturated rings. The van der Waals surface area contributed by atoms with Gasteiger partial charge in [0, 0.05) is 18.3 Å². The maximum Gasteiger partial charge on any atom is 0.263 e.